The van der Waals surface area contributed by atoms with Gasteiger partial charge in [-0.15, -0.1) is 12.4 Å². The van der Waals surface area contributed by atoms with E-state index in [1.165, 1.54) is 0 Å². The van der Waals surface area contributed by atoms with E-state index in [4.69, 9.17) is 15.2 Å². The first kappa shape index (κ1) is 16.6. The van der Waals surface area contributed by atoms with Crippen LogP contribution in [0, 0.1) is 0 Å². The van der Waals surface area contributed by atoms with Gasteiger partial charge in [-0.3, -0.25) is 4.79 Å². The molecule has 0 radical (unpaired) electrons. The number of carbonyl (C=O) groups is 1. The Bertz CT molecular complexity index is 468. The Kier molecular flexibility index (Phi) is 6.10. The smallest absolute Gasteiger partial charge is 0.254 e. The molecule has 0 aliphatic carbocycles. The first-order valence-corrected chi connectivity index (χ1v) is 6.51. The van der Waals surface area contributed by atoms with Crippen molar-refractivity contribution in [2.75, 3.05) is 26.8 Å². The zero-order valence-corrected chi connectivity index (χ0v) is 12.6. The van der Waals surface area contributed by atoms with Gasteiger partial charge in [0, 0.05) is 24.7 Å². The summed E-state index contributed by atoms with van der Waals surface area (Å²) in [7, 11) is 1.57. The molecular weight excluding hydrogens is 280 g/mol. The summed E-state index contributed by atoms with van der Waals surface area (Å²) in [5.74, 6) is 1.23. The molecule has 1 saturated heterocycles. The Morgan fingerprint density at radius 3 is 2.75 bits per heavy atom. The largest absolute Gasteiger partial charge is 0.493 e. The summed E-state index contributed by atoms with van der Waals surface area (Å²) in [5.41, 5.74) is 6.43. The summed E-state index contributed by atoms with van der Waals surface area (Å²) in [5, 5.41) is 0. The molecule has 1 fully saturated rings. The van der Waals surface area contributed by atoms with Gasteiger partial charge in [0.05, 0.1) is 13.7 Å². The van der Waals surface area contributed by atoms with Gasteiger partial charge in [0.2, 0.25) is 0 Å². The molecule has 0 spiro atoms. The predicted octanol–water partition coefficient (Wildman–Crippen LogP) is 1.69. The summed E-state index contributed by atoms with van der Waals surface area (Å²) >= 11 is 0. The second-order valence-electron chi connectivity index (χ2n) is 4.60. The van der Waals surface area contributed by atoms with Gasteiger partial charge in [-0.2, -0.15) is 0 Å². The molecule has 0 unspecified atom stereocenters. The minimum absolute atomic E-state index is 0. The molecule has 6 heteroatoms. The number of nitrogens with two attached hydrogens (primary N) is 1. The Morgan fingerprint density at radius 2 is 2.20 bits per heavy atom. The van der Waals surface area contributed by atoms with E-state index in [9.17, 15) is 4.79 Å². The Balaban J connectivity index is 0.00000200. The maximum Gasteiger partial charge on any atom is 0.254 e. The van der Waals surface area contributed by atoms with Crippen molar-refractivity contribution >= 4 is 18.3 Å². The van der Waals surface area contributed by atoms with Crippen LogP contribution >= 0.6 is 12.4 Å². The number of ether oxygens (including phenoxy) is 2. The van der Waals surface area contributed by atoms with Crippen molar-refractivity contribution in [2.45, 2.75) is 19.4 Å². The zero-order chi connectivity index (χ0) is 13.8. The number of nitrogens with zero attached hydrogens (tertiary/aromatic N) is 1. The van der Waals surface area contributed by atoms with E-state index in [2.05, 4.69) is 0 Å². The third kappa shape index (κ3) is 3.55. The van der Waals surface area contributed by atoms with Crippen LogP contribution in [-0.2, 0) is 0 Å². The van der Waals surface area contributed by atoms with E-state index in [1.807, 2.05) is 6.92 Å². The van der Waals surface area contributed by atoms with E-state index in [1.54, 1.807) is 30.2 Å². The van der Waals surface area contributed by atoms with Crippen LogP contribution in [0.2, 0.25) is 0 Å². The number of likely N-dealkylation sites (tertiary alicyclic amines) is 1. The van der Waals surface area contributed by atoms with Crippen molar-refractivity contribution in [3.05, 3.63) is 23.8 Å². The third-order valence-electron chi connectivity index (χ3n) is 3.22. The van der Waals surface area contributed by atoms with Crippen LogP contribution in [0.15, 0.2) is 18.2 Å². The van der Waals surface area contributed by atoms with Crippen LogP contribution in [0.1, 0.15) is 23.7 Å². The molecular formula is C14H21ClN2O3. The number of amides is 1. The maximum atomic E-state index is 12.3. The van der Waals surface area contributed by atoms with Gasteiger partial charge in [0.25, 0.3) is 5.91 Å². The molecule has 1 aliphatic heterocycles. The lowest BCUT2D eigenvalue weighted by Crippen LogP contribution is -2.31. The molecule has 1 atom stereocenters. The molecule has 1 aromatic rings. The summed E-state index contributed by atoms with van der Waals surface area (Å²) in [6.45, 7) is 3.80. The van der Waals surface area contributed by atoms with Crippen molar-refractivity contribution < 1.29 is 14.3 Å². The van der Waals surface area contributed by atoms with Crippen LogP contribution in [-0.4, -0.2) is 43.7 Å². The van der Waals surface area contributed by atoms with Crippen molar-refractivity contribution in [3.63, 3.8) is 0 Å². The van der Waals surface area contributed by atoms with E-state index < -0.39 is 0 Å². The highest BCUT2D eigenvalue weighted by molar-refractivity contribution is 5.95. The number of carbonyl (C=O) groups excluding carboxylic acids is 1. The average molecular weight is 301 g/mol. The summed E-state index contributed by atoms with van der Waals surface area (Å²) in [6, 6.07) is 5.34. The normalized spacial score (nSPS) is 17.6. The van der Waals surface area contributed by atoms with Gasteiger partial charge >= 0.3 is 0 Å². The maximum absolute atomic E-state index is 12.3. The highest BCUT2D eigenvalue weighted by Gasteiger charge is 2.25. The molecule has 0 bridgehead atoms. The fraction of sp³-hybridized carbons (Fsp3) is 0.500. The average Bonchev–Trinajstić information content (AvgIpc) is 2.85. The lowest BCUT2D eigenvalue weighted by atomic mass is 10.1. The molecule has 2 rings (SSSR count). The topological polar surface area (TPSA) is 64.8 Å². The molecule has 0 saturated carbocycles. The van der Waals surface area contributed by atoms with Crippen LogP contribution < -0.4 is 15.2 Å². The number of hydrogen-bond donors (Lipinski definition) is 1. The lowest BCUT2D eigenvalue weighted by molar-refractivity contribution is 0.0790. The van der Waals surface area contributed by atoms with Crippen molar-refractivity contribution in [1.29, 1.82) is 0 Å². The quantitative estimate of drug-likeness (QED) is 0.919. The molecule has 1 amide bonds. The van der Waals surface area contributed by atoms with Gasteiger partial charge in [0.15, 0.2) is 11.5 Å². The second-order valence-corrected chi connectivity index (χ2v) is 4.60. The van der Waals surface area contributed by atoms with E-state index in [-0.39, 0.29) is 24.4 Å². The summed E-state index contributed by atoms with van der Waals surface area (Å²) in [6.07, 6.45) is 0.861. The standard InChI is InChI=1S/C14H20N2O3.ClH/c1-3-19-12-5-4-10(8-13(12)18-2)14(17)16-7-6-11(15)9-16;/h4-5,8,11H,3,6-7,9,15H2,1-2H3;1H/t11-;/m1./s1. The number of hydrogen-bond acceptors (Lipinski definition) is 4. The Hall–Kier alpha value is -1.46. The number of rotatable bonds is 4. The summed E-state index contributed by atoms with van der Waals surface area (Å²) in [4.78, 5) is 14.1. The SMILES string of the molecule is CCOc1ccc(C(=O)N2CC[C@@H](N)C2)cc1OC.Cl. The third-order valence-corrected chi connectivity index (χ3v) is 3.22. The van der Waals surface area contributed by atoms with E-state index in [0.29, 0.717) is 30.2 Å². The first-order valence-electron chi connectivity index (χ1n) is 6.51. The molecule has 20 heavy (non-hydrogen) atoms. The Morgan fingerprint density at radius 1 is 1.45 bits per heavy atom. The van der Waals surface area contributed by atoms with Crippen LogP contribution in [0.25, 0.3) is 0 Å². The highest BCUT2D eigenvalue weighted by atomic mass is 35.5. The predicted molar refractivity (Wildman–Crippen MR) is 79.9 cm³/mol. The van der Waals surface area contributed by atoms with Gasteiger partial charge in [0.1, 0.15) is 0 Å². The fourth-order valence-electron chi connectivity index (χ4n) is 2.23. The molecule has 1 heterocycles. The highest BCUT2D eigenvalue weighted by Crippen LogP contribution is 2.28. The lowest BCUT2D eigenvalue weighted by Gasteiger charge is -2.17. The van der Waals surface area contributed by atoms with Crippen molar-refractivity contribution in [1.82, 2.24) is 4.90 Å². The molecule has 0 aromatic heterocycles. The number of benzene rings is 1. The number of methoxy groups -OCH3 is 1. The monoisotopic (exact) mass is 300 g/mol. The molecule has 112 valence electrons. The van der Waals surface area contributed by atoms with E-state index >= 15 is 0 Å². The second kappa shape index (κ2) is 7.36. The number of halogens is 1. The van der Waals surface area contributed by atoms with Gasteiger partial charge in [-0.25, -0.2) is 0 Å². The first-order chi connectivity index (χ1) is 9.15. The molecule has 1 aliphatic rings. The van der Waals surface area contributed by atoms with Crippen molar-refractivity contribution in [2.24, 2.45) is 5.73 Å². The minimum Gasteiger partial charge on any atom is -0.493 e. The van der Waals surface area contributed by atoms with Crippen molar-refractivity contribution in [3.8, 4) is 11.5 Å². The van der Waals surface area contributed by atoms with Gasteiger partial charge in [-0.05, 0) is 31.5 Å². The molecule has 2 N–H and O–H groups in total. The van der Waals surface area contributed by atoms with E-state index in [0.717, 1.165) is 13.0 Å². The van der Waals surface area contributed by atoms with Gasteiger partial charge < -0.3 is 20.1 Å². The van der Waals surface area contributed by atoms with Gasteiger partial charge in [-0.1, -0.05) is 0 Å². The zero-order valence-electron chi connectivity index (χ0n) is 11.8. The van der Waals surface area contributed by atoms with Crippen LogP contribution in [0.4, 0.5) is 0 Å². The molecule has 5 nitrogen and oxygen atoms in total. The summed E-state index contributed by atoms with van der Waals surface area (Å²) < 4.78 is 10.7. The van der Waals surface area contributed by atoms with Crippen LogP contribution in [0.5, 0.6) is 11.5 Å². The van der Waals surface area contributed by atoms with Crippen LogP contribution in [0.3, 0.4) is 0 Å². The minimum atomic E-state index is -0.00528. The fourth-order valence-corrected chi connectivity index (χ4v) is 2.23. The Labute approximate surface area is 125 Å². The molecule has 1 aromatic carbocycles.